The highest BCUT2D eigenvalue weighted by Gasteiger charge is 2.28. The summed E-state index contributed by atoms with van der Waals surface area (Å²) in [5, 5.41) is 0. The topological polar surface area (TPSA) is 50.8 Å². The van der Waals surface area contributed by atoms with Crippen LogP contribution in [0.15, 0.2) is 29.3 Å². The minimum Gasteiger partial charge on any atom is -0.495 e. The summed E-state index contributed by atoms with van der Waals surface area (Å²) >= 11 is 1.95. The maximum Gasteiger partial charge on any atom is 0.196 e. The van der Waals surface area contributed by atoms with E-state index in [9.17, 15) is 0 Å². The smallest absolute Gasteiger partial charge is 0.196 e. The number of nitrogens with two attached hydrogens (primary N) is 1. The van der Waals surface area contributed by atoms with E-state index in [1.54, 1.807) is 7.11 Å². The molecule has 104 valence electrons. The van der Waals surface area contributed by atoms with E-state index >= 15 is 0 Å². The molecule has 0 saturated heterocycles. The molecule has 0 bridgehead atoms. The lowest BCUT2D eigenvalue weighted by Gasteiger charge is -2.27. The SMILES string of the molecule is CCSCCC1CN=C(N)N1c1ccccc1OC. The second kappa shape index (κ2) is 6.70. The van der Waals surface area contributed by atoms with Crippen LogP contribution in [0.25, 0.3) is 0 Å². The molecule has 1 heterocycles. The van der Waals surface area contributed by atoms with Gasteiger partial charge in [0.1, 0.15) is 5.75 Å². The molecule has 1 aromatic rings. The maximum atomic E-state index is 6.04. The van der Waals surface area contributed by atoms with Crippen molar-refractivity contribution in [3.05, 3.63) is 24.3 Å². The number of guanidine groups is 1. The van der Waals surface area contributed by atoms with Gasteiger partial charge in [-0.3, -0.25) is 4.99 Å². The molecule has 1 atom stereocenters. The van der Waals surface area contributed by atoms with Crippen LogP contribution in [0, 0.1) is 0 Å². The Kier molecular flexibility index (Phi) is 4.96. The molecule has 0 spiro atoms. The first-order chi connectivity index (χ1) is 9.27. The van der Waals surface area contributed by atoms with Crippen LogP contribution in [0.3, 0.4) is 0 Å². The summed E-state index contributed by atoms with van der Waals surface area (Å²) in [4.78, 5) is 6.49. The number of rotatable bonds is 6. The second-order valence-electron chi connectivity index (χ2n) is 4.38. The van der Waals surface area contributed by atoms with Crippen molar-refractivity contribution in [2.24, 2.45) is 10.7 Å². The Bertz CT molecular complexity index is 450. The molecule has 0 radical (unpaired) electrons. The first kappa shape index (κ1) is 14.1. The van der Waals surface area contributed by atoms with Crippen molar-refractivity contribution in [1.29, 1.82) is 0 Å². The Labute approximate surface area is 119 Å². The molecule has 4 nitrogen and oxygen atoms in total. The maximum absolute atomic E-state index is 6.04. The van der Waals surface area contributed by atoms with Crippen LogP contribution in [0.2, 0.25) is 0 Å². The van der Waals surface area contributed by atoms with Crippen molar-refractivity contribution < 1.29 is 4.74 Å². The molecular weight excluding hydrogens is 258 g/mol. The minimum atomic E-state index is 0.343. The molecule has 0 saturated carbocycles. The van der Waals surface area contributed by atoms with Gasteiger partial charge >= 0.3 is 0 Å². The molecule has 0 aromatic heterocycles. The summed E-state index contributed by atoms with van der Waals surface area (Å²) in [5.41, 5.74) is 7.05. The Balaban J connectivity index is 2.16. The third kappa shape index (κ3) is 3.15. The predicted molar refractivity (Wildman–Crippen MR) is 83.4 cm³/mol. The van der Waals surface area contributed by atoms with Gasteiger partial charge in [-0.2, -0.15) is 11.8 Å². The highest BCUT2D eigenvalue weighted by Crippen LogP contribution is 2.32. The molecule has 1 unspecified atom stereocenters. The molecular formula is C14H21N3OS. The summed E-state index contributed by atoms with van der Waals surface area (Å²) in [6, 6.07) is 8.30. The third-order valence-electron chi connectivity index (χ3n) is 3.22. The van der Waals surface area contributed by atoms with Crippen molar-refractivity contribution in [3.63, 3.8) is 0 Å². The summed E-state index contributed by atoms with van der Waals surface area (Å²) in [7, 11) is 1.68. The van der Waals surface area contributed by atoms with E-state index in [0.29, 0.717) is 12.0 Å². The zero-order valence-electron chi connectivity index (χ0n) is 11.5. The normalized spacial score (nSPS) is 18.5. The van der Waals surface area contributed by atoms with Crippen LogP contribution in [-0.4, -0.2) is 37.2 Å². The fraction of sp³-hybridized carbons (Fsp3) is 0.500. The van der Waals surface area contributed by atoms with Crippen LogP contribution in [0.1, 0.15) is 13.3 Å². The monoisotopic (exact) mass is 279 g/mol. The zero-order valence-corrected chi connectivity index (χ0v) is 12.3. The van der Waals surface area contributed by atoms with Gasteiger partial charge in [0, 0.05) is 0 Å². The molecule has 1 aliphatic rings. The Morgan fingerprint density at radius 3 is 3.00 bits per heavy atom. The van der Waals surface area contributed by atoms with Gasteiger partial charge in [0.05, 0.1) is 25.4 Å². The van der Waals surface area contributed by atoms with Gasteiger partial charge in [0.25, 0.3) is 0 Å². The molecule has 2 N–H and O–H groups in total. The number of ether oxygens (including phenoxy) is 1. The first-order valence-corrected chi connectivity index (χ1v) is 7.73. The van der Waals surface area contributed by atoms with Crippen molar-refractivity contribution in [1.82, 2.24) is 0 Å². The van der Waals surface area contributed by atoms with Gasteiger partial charge in [-0.05, 0) is 30.1 Å². The Hall–Kier alpha value is -1.36. The van der Waals surface area contributed by atoms with E-state index < -0.39 is 0 Å². The number of nitrogens with zero attached hydrogens (tertiary/aromatic N) is 2. The average Bonchev–Trinajstić information content (AvgIpc) is 2.80. The van der Waals surface area contributed by atoms with Gasteiger partial charge in [-0.25, -0.2) is 0 Å². The summed E-state index contributed by atoms with van der Waals surface area (Å²) in [5.74, 6) is 3.72. The molecule has 0 aliphatic carbocycles. The van der Waals surface area contributed by atoms with E-state index in [1.165, 1.54) is 0 Å². The van der Waals surface area contributed by atoms with Gasteiger partial charge in [-0.1, -0.05) is 19.1 Å². The fourth-order valence-electron chi connectivity index (χ4n) is 2.28. The van der Waals surface area contributed by atoms with Crippen molar-refractivity contribution in [2.75, 3.05) is 30.1 Å². The van der Waals surface area contributed by atoms with E-state index in [1.807, 2.05) is 36.0 Å². The van der Waals surface area contributed by atoms with E-state index in [0.717, 1.165) is 35.9 Å². The number of methoxy groups -OCH3 is 1. The lowest BCUT2D eigenvalue weighted by Crippen LogP contribution is -2.41. The van der Waals surface area contributed by atoms with Crippen LogP contribution < -0.4 is 15.4 Å². The zero-order chi connectivity index (χ0) is 13.7. The van der Waals surface area contributed by atoms with Crippen LogP contribution in [0.4, 0.5) is 5.69 Å². The minimum absolute atomic E-state index is 0.343. The van der Waals surface area contributed by atoms with Crippen molar-refractivity contribution >= 4 is 23.4 Å². The number of aliphatic imine (C=N–C) groups is 1. The lowest BCUT2D eigenvalue weighted by atomic mass is 10.1. The van der Waals surface area contributed by atoms with Gasteiger partial charge in [0.2, 0.25) is 0 Å². The van der Waals surface area contributed by atoms with Crippen LogP contribution in [-0.2, 0) is 0 Å². The molecule has 19 heavy (non-hydrogen) atoms. The number of para-hydroxylation sites is 2. The first-order valence-electron chi connectivity index (χ1n) is 6.57. The fourth-order valence-corrected chi connectivity index (χ4v) is 3.00. The second-order valence-corrected chi connectivity index (χ2v) is 5.77. The van der Waals surface area contributed by atoms with Crippen molar-refractivity contribution in [2.45, 2.75) is 19.4 Å². The van der Waals surface area contributed by atoms with E-state index in [-0.39, 0.29) is 0 Å². The number of anilines is 1. The quantitative estimate of drug-likeness (QED) is 0.812. The molecule has 5 heteroatoms. The predicted octanol–water partition coefficient (Wildman–Crippen LogP) is 2.34. The number of hydrogen-bond donors (Lipinski definition) is 1. The van der Waals surface area contributed by atoms with Crippen molar-refractivity contribution in [3.8, 4) is 5.75 Å². The molecule has 1 aromatic carbocycles. The Morgan fingerprint density at radius 1 is 1.47 bits per heavy atom. The van der Waals surface area contributed by atoms with Gasteiger partial charge in [0.15, 0.2) is 5.96 Å². The molecule has 0 amide bonds. The van der Waals surface area contributed by atoms with Crippen LogP contribution >= 0.6 is 11.8 Å². The summed E-state index contributed by atoms with van der Waals surface area (Å²) in [6.45, 7) is 2.95. The highest BCUT2D eigenvalue weighted by molar-refractivity contribution is 7.99. The Morgan fingerprint density at radius 2 is 2.26 bits per heavy atom. The number of benzene rings is 1. The third-order valence-corrected chi connectivity index (χ3v) is 4.15. The van der Waals surface area contributed by atoms with Gasteiger partial charge < -0.3 is 15.4 Å². The lowest BCUT2D eigenvalue weighted by molar-refractivity contribution is 0.414. The van der Waals surface area contributed by atoms with Crippen LogP contribution in [0.5, 0.6) is 5.75 Å². The number of thioether (sulfide) groups is 1. The standard InChI is InChI=1S/C14H21N3OS/c1-3-19-9-8-11-10-16-14(15)17(11)12-6-4-5-7-13(12)18-2/h4-7,11H,3,8-10H2,1-2H3,(H2,15,16). The number of hydrogen-bond acceptors (Lipinski definition) is 5. The molecule has 1 aliphatic heterocycles. The van der Waals surface area contributed by atoms with E-state index in [4.69, 9.17) is 10.5 Å². The largest absolute Gasteiger partial charge is 0.495 e. The summed E-state index contributed by atoms with van der Waals surface area (Å²) in [6.07, 6.45) is 1.08. The average molecular weight is 279 g/mol. The summed E-state index contributed by atoms with van der Waals surface area (Å²) < 4.78 is 5.42. The van der Waals surface area contributed by atoms with E-state index in [2.05, 4.69) is 16.8 Å². The molecule has 0 fully saturated rings. The molecule has 2 rings (SSSR count). The highest BCUT2D eigenvalue weighted by atomic mass is 32.2. The van der Waals surface area contributed by atoms with Gasteiger partial charge in [-0.15, -0.1) is 0 Å².